The van der Waals surface area contributed by atoms with E-state index in [4.69, 9.17) is 0 Å². The number of carbonyl (C=O) groups is 2. The first kappa shape index (κ1) is 21.9. The number of anilines is 1. The molecular weight excluding hydrogens is 429 g/mol. The maximum atomic E-state index is 13.4. The number of para-hydroxylation sites is 1. The lowest BCUT2D eigenvalue weighted by atomic mass is 10.0. The molecule has 0 saturated carbocycles. The summed E-state index contributed by atoms with van der Waals surface area (Å²) in [7, 11) is 0. The summed E-state index contributed by atoms with van der Waals surface area (Å²) in [6.07, 6.45) is 2.38. The molecule has 1 fully saturated rings. The van der Waals surface area contributed by atoms with Crippen LogP contribution in [0.3, 0.4) is 0 Å². The van der Waals surface area contributed by atoms with E-state index in [1.165, 1.54) is 12.1 Å². The first-order chi connectivity index (χ1) is 16.6. The van der Waals surface area contributed by atoms with Gasteiger partial charge in [0.25, 0.3) is 0 Å². The van der Waals surface area contributed by atoms with Crippen LogP contribution >= 0.6 is 0 Å². The van der Waals surface area contributed by atoms with E-state index in [1.807, 2.05) is 53.4 Å². The zero-order valence-corrected chi connectivity index (χ0v) is 18.8. The van der Waals surface area contributed by atoms with Gasteiger partial charge in [0.05, 0.1) is 0 Å². The van der Waals surface area contributed by atoms with Crippen molar-refractivity contribution in [3.8, 4) is 11.3 Å². The minimum absolute atomic E-state index is 0.0789. The highest BCUT2D eigenvalue weighted by molar-refractivity contribution is 5.94. The number of H-pyrrole nitrogens is 1. The van der Waals surface area contributed by atoms with Gasteiger partial charge in [0.2, 0.25) is 11.8 Å². The zero-order chi connectivity index (χ0) is 23.5. The van der Waals surface area contributed by atoms with Gasteiger partial charge in [-0.1, -0.05) is 30.3 Å². The maximum Gasteiger partial charge on any atom is 0.224 e. The van der Waals surface area contributed by atoms with Crippen molar-refractivity contribution in [3.63, 3.8) is 0 Å². The van der Waals surface area contributed by atoms with E-state index < -0.39 is 0 Å². The number of fused-ring (bicyclic) bond motifs is 1. The predicted molar refractivity (Wildman–Crippen MR) is 132 cm³/mol. The molecule has 1 aromatic heterocycles. The van der Waals surface area contributed by atoms with Crippen molar-refractivity contribution in [1.82, 2.24) is 9.88 Å². The summed E-state index contributed by atoms with van der Waals surface area (Å²) in [5.74, 6) is -0.174. The molecule has 3 aromatic carbocycles. The number of halogens is 1. The van der Waals surface area contributed by atoms with Crippen molar-refractivity contribution < 1.29 is 14.0 Å². The van der Waals surface area contributed by atoms with Crippen LogP contribution in [0.15, 0.2) is 72.8 Å². The van der Waals surface area contributed by atoms with Gasteiger partial charge in [0, 0.05) is 48.2 Å². The molecule has 2 amide bonds. The van der Waals surface area contributed by atoms with Crippen LogP contribution in [0.1, 0.15) is 30.4 Å². The zero-order valence-electron chi connectivity index (χ0n) is 18.8. The standard InChI is InChI=1S/C28H26FN3O2/c29-21-12-10-20(11-13-21)28-24(23-7-1-2-8-25(23)31-28)14-15-26(33)30-22-6-3-5-19(17-22)18-32-16-4-9-27(32)34/h1-3,5-8,10-13,17,31H,4,9,14-16,18H2,(H,30,33). The molecule has 2 heterocycles. The third-order valence-corrected chi connectivity index (χ3v) is 6.30. The second-order valence-corrected chi connectivity index (χ2v) is 8.70. The van der Waals surface area contributed by atoms with Crippen LogP contribution in [0.4, 0.5) is 10.1 Å². The van der Waals surface area contributed by atoms with Gasteiger partial charge in [0.1, 0.15) is 5.82 Å². The highest BCUT2D eigenvalue weighted by atomic mass is 19.1. The van der Waals surface area contributed by atoms with Crippen molar-refractivity contribution in [2.75, 3.05) is 11.9 Å². The minimum atomic E-state index is -0.280. The van der Waals surface area contributed by atoms with Crippen molar-refractivity contribution >= 4 is 28.4 Å². The quantitative estimate of drug-likeness (QED) is 0.377. The van der Waals surface area contributed by atoms with Gasteiger partial charge in [0.15, 0.2) is 0 Å². The molecule has 0 spiro atoms. The van der Waals surface area contributed by atoms with E-state index in [0.29, 0.717) is 25.8 Å². The fourth-order valence-corrected chi connectivity index (χ4v) is 4.62. The van der Waals surface area contributed by atoms with E-state index in [-0.39, 0.29) is 17.6 Å². The van der Waals surface area contributed by atoms with Crippen LogP contribution in [0, 0.1) is 5.82 Å². The summed E-state index contributed by atoms with van der Waals surface area (Å²) >= 11 is 0. The summed E-state index contributed by atoms with van der Waals surface area (Å²) in [6, 6.07) is 22.0. The molecule has 0 atom stereocenters. The number of hydrogen-bond donors (Lipinski definition) is 2. The Kier molecular flexibility index (Phi) is 6.12. The highest BCUT2D eigenvalue weighted by Crippen LogP contribution is 2.31. The van der Waals surface area contributed by atoms with Gasteiger partial charge < -0.3 is 15.2 Å². The van der Waals surface area contributed by atoms with E-state index in [9.17, 15) is 14.0 Å². The Balaban J connectivity index is 1.30. The Labute approximate surface area is 197 Å². The minimum Gasteiger partial charge on any atom is -0.354 e. The van der Waals surface area contributed by atoms with Crippen LogP contribution in [0.5, 0.6) is 0 Å². The molecule has 1 aliphatic rings. The lowest BCUT2D eigenvalue weighted by Crippen LogP contribution is -2.23. The van der Waals surface area contributed by atoms with E-state index in [2.05, 4.69) is 10.3 Å². The van der Waals surface area contributed by atoms with E-state index in [0.717, 1.165) is 51.9 Å². The van der Waals surface area contributed by atoms with E-state index >= 15 is 0 Å². The number of carbonyl (C=O) groups excluding carboxylic acids is 2. The number of amides is 2. The molecular formula is C28H26FN3O2. The summed E-state index contributed by atoms with van der Waals surface area (Å²) in [5.41, 5.74) is 5.55. The Morgan fingerprint density at radius 1 is 1.03 bits per heavy atom. The van der Waals surface area contributed by atoms with Gasteiger partial charge >= 0.3 is 0 Å². The number of hydrogen-bond acceptors (Lipinski definition) is 2. The van der Waals surface area contributed by atoms with Gasteiger partial charge in [-0.05, 0) is 72.0 Å². The summed E-state index contributed by atoms with van der Waals surface area (Å²) < 4.78 is 13.4. The fourth-order valence-electron chi connectivity index (χ4n) is 4.62. The molecule has 2 N–H and O–H groups in total. The van der Waals surface area contributed by atoms with Crippen molar-refractivity contribution in [2.45, 2.75) is 32.2 Å². The van der Waals surface area contributed by atoms with Crippen molar-refractivity contribution in [1.29, 1.82) is 0 Å². The molecule has 0 bridgehead atoms. The number of nitrogens with one attached hydrogen (secondary N) is 2. The summed E-state index contributed by atoms with van der Waals surface area (Å²) in [6.45, 7) is 1.36. The smallest absolute Gasteiger partial charge is 0.224 e. The Hall–Kier alpha value is -3.93. The van der Waals surface area contributed by atoms with Crippen molar-refractivity contribution in [3.05, 3.63) is 89.7 Å². The number of nitrogens with zero attached hydrogens (tertiary/aromatic N) is 1. The topological polar surface area (TPSA) is 65.2 Å². The molecule has 0 unspecified atom stereocenters. The average Bonchev–Trinajstić information content (AvgIpc) is 3.41. The molecule has 34 heavy (non-hydrogen) atoms. The van der Waals surface area contributed by atoms with Gasteiger partial charge in [-0.3, -0.25) is 9.59 Å². The Morgan fingerprint density at radius 2 is 1.85 bits per heavy atom. The lowest BCUT2D eigenvalue weighted by molar-refractivity contribution is -0.128. The van der Waals surface area contributed by atoms with Crippen LogP contribution in [-0.2, 0) is 22.6 Å². The third kappa shape index (κ3) is 4.71. The fraction of sp³-hybridized carbons (Fsp3) is 0.214. The van der Waals surface area contributed by atoms with Gasteiger partial charge in [-0.2, -0.15) is 0 Å². The van der Waals surface area contributed by atoms with Gasteiger partial charge in [-0.15, -0.1) is 0 Å². The van der Waals surface area contributed by atoms with Crippen LogP contribution in [0.2, 0.25) is 0 Å². The normalized spacial score (nSPS) is 13.6. The first-order valence-electron chi connectivity index (χ1n) is 11.6. The second-order valence-electron chi connectivity index (χ2n) is 8.70. The number of likely N-dealkylation sites (tertiary alicyclic amines) is 1. The number of aromatic amines is 1. The van der Waals surface area contributed by atoms with Crippen LogP contribution in [0.25, 0.3) is 22.2 Å². The molecule has 5 nitrogen and oxygen atoms in total. The Bertz CT molecular complexity index is 1340. The monoisotopic (exact) mass is 455 g/mol. The van der Waals surface area contributed by atoms with E-state index in [1.54, 1.807) is 12.1 Å². The van der Waals surface area contributed by atoms with Crippen LogP contribution in [-0.4, -0.2) is 28.2 Å². The molecule has 1 aliphatic heterocycles. The van der Waals surface area contributed by atoms with Crippen molar-refractivity contribution in [2.24, 2.45) is 0 Å². The summed E-state index contributed by atoms with van der Waals surface area (Å²) in [5, 5.41) is 4.06. The molecule has 172 valence electrons. The number of rotatable bonds is 7. The molecule has 4 aromatic rings. The maximum absolute atomic E-state index is 13.4. The summed E-state index contributed by atoms with van der Waals surface area (Å²) in [4.78, 5) is 30.0. The number of aromatic nitrogens is 1. The Morgan fingerprint density at radius 3 is 2.65 bits per heavy atom. The highest BCUT2D eigenvalue weighted by Gasteiger charge is 2.20. The largest absolute Gasteiger partial charge is 0.354 e. The number of aryl methyl sites for hydroxylation is 1. The molecule has 0 radical (unpaired) electrons. The van der Waals surface area contributed by atoms with Gasteiger partial charge in [-0.25, -0.2) is 4.39 Å². The molecule has 0 aliphatic carbocycles. The molecule has 5 rings (SSSR count). The molecule has 1 saturated heterocycles. The average molecular weight is 456 g/mol. The predicted octanol–water partition coefficient (Wildman–Crippen LogP) is 5.67. The number of benzene rings is 3. The third-order valence-electron chi connectivity index (χ3n) is 6.30. The first-order valence-corrected chi connectivity index (χ1v) is 11.6. The molecule has 6 heteroatoms. The second kappa shape index (κ2) is 9.51. The SMILES string of the molecule is O=C(CCc1c(-c2ccc(F)cc2)[nH]c2ccccc12)Nc1cccc(CN2CCCC2=O)c1. The van der Waals surface area contributed by atoms with Crippen LogP contribution < -0.4 is 5.32 Å². The lowest BCUT2D eigenvalue weighted by Gasteiger charge is -2.16.